The zero-order chi connectivity index (χ0) is 14.8. The number of imidazole rings is 1. The summed E-state index contributed by atoms with van der Waals surface area (Å²) >= 11 is 5.47. The Labute approximate surface area is 128 Å². The molecule has 1 aromatic heterocycles. The van der Waals surface area contributed by atoms with Gasteiger partial charge in [-0.15, -0.1) is 0 Å². The highest BCUT2D eigenvalue weighted by Crippen LogP contribution is 2.32. The molecule has 1 aliphatic rings. The summed E-state index contributed by atoms with van der Waals surface area (Å²) < 4.78 is 19.1. The molecule has 21 heavy (non-hydrogen) atoms. The van der Waals surface area contributed by atoms with E-state index in [1.807, 2.05) is 12.1 Å². The maximum atomic E-state index is 5.47. The van der Waals surface area contributed by atoms with Gasteiger partial charge in [0.2, 0.25) is 0 Å². The van der Waals surface area contributed by atoms with Crippen molar-refractivity contribution < 1.29 is 14.2 Å². The number of hydrogen-bond acceptors (Lipinski definition) is 4. The second-order valence-electron chi connectivity index (χ2n) is 5.32. The molecule has 0 radical (unpaired) electrons. The topological polar surface area (TPSA) is 48.4 Å². The lowest BCUT2D eigenvalue weighted by Crippen LogP contribution is -2.20. The van der Waals surface area contributed by atoms with Crippen LogP contribution in [0, 0.1) is 10.7 Å². The molecule has 1 saturated heterocycles. The molecule has 1 fully saturated rings. The zero-order valence-electron chi connectivity index (χ0n) is 12.3. The molecule has 1 N–H and O–H groups in total. The standard InChI is InChI=1S/C15H20N2O3S/c1-18-13-7-11-12(8-14(13)19-2)17(15(21)16-11)9-10-3-5-20-6-4-10/h7-8,10H,3-6,9H2,1-2H3,(H,16,21). The molecule has 0 spiro atoms. The van der Waals surface area contributed by atoms with Gasteiger partial charge < -0.3 is 23.8 Å². The van der Waals surface area contributed by atoms with Crippen molar-refractivity contribution in [1.82, 2.24) is 9.55 Å². The minimum absolute atomic E-state index is 0.609. The van der Waals surface area contributed by atoms with Crippen LogP contribution in [-0.4, -0.2) is 37.0 Å². The SMILES string of the molecule is COc1cc2[nH]c(=S)n(CC3CCOCC3)c2cc1OC. The lowest BCUT2D eigenvalue weighted by Gasteiger charge is -2.22. The summed E-state index contributed by atoms with van der Waals surface area (Å²) in [5, 5.41) is 0. The number of nitrogens with zero attached hydrogens (tertiary/aromatic N) is 1. The van der Waals surface area contributed by atoms with Gasteiger partial charge in [-0.2, -0.15) is 0 Å². The molecule has 1 aliphatic heterocycles. The Morgan fingerprint density at radius 1 is 1.24 bits per heavy atom. The van der Waals surface area contributed by atoms with Crippen molar-refractivity contribution in [3.63, 3.8) is 0 Å². The lowest BCUT2D eigenvalue weighted by atomic mass is 10.0. The van der Waals surface area contributed by atoms with Gasteiger partial charge in [0.25, 0.3) is 0 Å². The number of fused-ring (bicyclic) bond motifs is 1. The number of nitrogens with one attached hydrogen (secondary N) is 1. The molecule has 0 saturated carbocycles. The van der Waals surface area contributed by atoms with Gasteiger partial charge in [0, 0.05) is 31.9 Å². The van der Waals surface area contributed by atoms with E-state index in [2.05, 4.69) is 9.55 Å². The number of benzene rings is 1. The van der Waals surface area contributed by atoms with E-state index in [-0.39, 0.29) is 0 Å². The van der Waals surface area contributed by atoms with Crippen molar-refractivity contribution in [2.75, 3.05) is 27.4 Å². The van der Waals surface area contributed by atoms with E-state index in [0.717, 1.165) is 54.2 Å². The number of aromatic nitrogens is 2. The predicted molar refractivity (Wildman–Crippen MR) is 83.8 cm³/mol. The van der Waals surface area contributed by atoms with E-state index in [9.17, 15) is 0 Å². The van der Waals surface area contributed by atoms with Gasteiger partial charge in [0.15, 0.2) is 16.3 Å². The van der Waals surface area contributed by atoms with Crippen LogP contribution in [0.15, 0.2) is 12.1 Å². The van der Waals surface area contributed by atoms with E-state index in [4.69, 9.17) is 26.4 Å². The predicted octanol–water partition coefficient (Wildman–Crippen LogP) is 3.14. The Balaban J connectivity index is 2.01. The van der Waals surface area contributed by atoms with Crippen molar-refractivity contribution in [3.8, 4) is 11.5 Å². The molecule has 1 aromatic carbocycles. The summed E-state index contributed by atoms with van der Waals surface area (Å²) in [7, 11) is 3.28. The highest BCUT2D eigenvalue weighted by atomic mass is 32.1. The van der Waals surface area contributed by atoms with Crippen LogP contribution < -0.4 is 9.47 Å². The van der Waals surface area contributed by atoms with E-state index in [1.165, 1.54) is 0 Å². The van der Waals surface area contributed by atoms with Crippen LogP contribution in [0.25, 0.3) is 11.0 Å². The smallest absolute Gasteiger partial charge is 0.178 e. The van der Waals surface area contributed by atoms with Gasteiger partial charge >= 0.3 is 0 Å². The Hall–Kier alpha value is -1.53. The van der Waals surface area contributed by atoms with E-state index in [0.29, 0.717) is 11.7 Å². The Morgan fingerprint density at radius 3 is 2.57 bits per heavy atom. The number of rotatable bonds is 4. The summed E-state index contributed by atoms with van der Waals surface area (Å²) in [5.74, 6) is 2.04. The van der Waals surface area contributed by atoms with Crippen LogP contribution in [0.4, 0.5) is 0 Å². The van der Waals surface area contributed by atoms with Crippen LogP contribution >= 0.6 is 12.2 Å². The second-order valence-corrected chi connectivity index (χ2v) is 5.71. The number of aromatic amines is 1. The highest BCUT2D eigenvalue weighted by molar-refractivity contribution is 7.71. The fourth-order valence-electron chi connectivity index (χ4n) is 2.85. The molecular formula is C15H20N2O3S. The largest absolute Gasteiger partial charge is 0.493 e. The van der Waals surface area contributed by atoms with Crippen LogP contribution in [0.2, 0.25) is 0 Å². The second kappa shape index (κ2) is 6.07. The van der Waals surface area contributed by atoms with Crippen molar-refractivity contribution in [2.45, 2.75) is 19.4 Å². The fourth-order valence-corrected chi connectivity index (χ4v) is 3.14. The first-order chi connectivity index (χ1) is 10.2. The molecule has 2 heterocycles. The maximum Gasteiger partial charge on any atom is 0.178 e. The zero-order valence-corrected chi connectivity index (χ0v) is 13.2. The molecular weight excluding hydrogens is 288 g/mol. The van der Waals surface area contributed by atoms with Crippen LogP contribution in [0.5, 0.6) is 11.5 Å². The first-order valence-corrected chi connectivity index (χ1v) is 7.56. The molecule has 3 rings (SSSR count). The summed E-state index contributed by atoms with van der Waals surface area (Å²) in [4.78, 5) is 3.25. The average Bonchev–Trinajstić information content (AvgIpc) is 2.82. The molecule has 6 heteroatoms. The minimum Gasteiger partial charge on any atom is -0.493 e. The Bertz CT molecular complexity index is 686. The van der Waals surface area contributed by atoms with Gasteiger partial charge in [-0.25, -0.2) is 0 Å². The van der Waals surface area contributed by atoms with Crippen LogP contribution in [0.1, 0.15) is 12.8 Å². The van der Waals surface area contributed by atoms with Gasteiger partial charge in [-0.3, -0.25) is 0 Å². The van der Waals surface area contributed by atoms with Gasteiger partial charge in [-0.05, 0) is 31.0 Å². The number of H-pyrrole nitrogens is 1. The van der Waals surface area contributed by atoms with Crippen molar-refractivity contribution in [3.05, 3.63) is 16.9 Å². The van der Waals surface area contributed by atoms with E-state index >= 15 is 0 Å². The number of hydrogen-bond donors (Lipinski definition) is 1. The third kappa shape index (κ3) is 2.78. The first kappa shape index (κ1) is 14.4. The minimum atomic E-state index is 0.609. The Kier molecular flexibility index (Phi) is 4.17. The molecule has 0 amide bonds. The van der Waals surface area contributed by atoms with E-state index < -0.39 is 0 Å². The fraction of sp³-hybridized carbons (Fsp3) is 0.533. The summed E-state index contributed by atoms with van der Waals surface area (Å²) in [5.41, 5.74) is 2.04. The first-order valence-electron chi connectivity index (χ1n) is 7.15. The van der Waals surface area contributed by atoms with Gasteiger partial charge in [-0.1, -0.05) is 0 Å². The van der Waals surface area contributed by atoms with Crippen molar-refractivity contribution in [2.24, 2.45) is 5.92 Å². The third-order valence-corrected chi connectivity index (χ3v) is 4.38. The highest BCUT2D eigenvalue weighted by Gasteiger charge is 2.17. The molecule has 5 nitrogen and oxygen atoms in total. The summed E-state index contributed by atoms with van der Waals surface area (Å²) in [6, 6.07) is 3.92. The Morgan fingerprint density at radius 2 is 1.90 bits per heavy atom. The summed E-state index contributed by atoms with van der Waals surface area (Å²) in [6.07, 6.45) is 2.17. The maximum absolute atomic E-state index is 5.47. The normalized spacial score (nSPS) is 16.3. The van der Waals surface area contributed by atoms with Gasteiger partial charge in [0.1, 0.15) is 0 Å². The van der Waals surface area contributed by atoms with Crippen LogP contribution in [0.3, 0.4) is 0 Å². The molecule has 0 aliphatic carbocycles. The number of ether oxygens (including phenoxy) is 3. The summed E-state index contributed by atoms with van der Waals surface area (Å²) in [6.45, 7) is 2.60. The van der Waals surface area contributed by atoms with E-state index in [1.54, 1.807) is 14.2 Å². The third-order valence-electron chi connectivity index (χ3n) is 4.06. The van der Waals surface area contributed by atoms with Crippen molar-refractivity contribution in [1.29, 1.82) is 0 Å². The van der Waals surface area contributed by atoms with Crippen LogP contribution in [-0.2, 0) is 11.3 Å². The molecule has 2 aromatic rings. The molecule has 0 atom stereocenters. The lowest BCUT2D eigenvalue weighted by molar-refractivity contribution is 0.0615. The van der Waals surface area contributed by atoms with Gasteiger partial charge in [0.05, 0.1) is 25.3 Å². The molecule has 0 bridgehead atoms. The molecule has 0 unspecified atom stereocenters. The average molecular weight is 308 g/mol. The quantitative estimate of drug-likeness (QED) is 0.882. The number of methoxy groups -OCH3 is 2. The monoisotopic (exact) mass is 308 g/mol. The van der Waals surface area contributed by atoms with Crippen molar-refractivity contribution >= 4 is 23.3 Å². The molecule has 114 valence electrons.